The fourth-order valence-corrected chi connectivity index (χ4v) is 8.49. The van der Waals surface area contributed by atoms with E-state index in [1.54, 1.807) is 0 Å². The molecule has 0 heterocycles. The van der Waals surface area contributed by atoms with Gasteiger partial charge in [-0.15, -0.1) is 0 Å². The van der Waals surface area contributed by atoms with Crippen molar-refractivity contribution in [2.45, 2.75) is 256 Å². The third-order valence-corrected chi connectivity index (χ3v) is 12.5. The topological polar surface area (TPSA) is 210 Å². The molecule has 1 aliphatic carbocycles. The van der Waals surface area contributed by atoms with Crippen molar-refractivity contribution < 1.29 is 63.1 Å². The first-order valence-electron chi connectivity index (χ1n) is 24.6. The Bertz CT molecular complexity index is 1180. The molecule has 62 heavy (non-hydrogen) atoms. The van der Waals surface area contributed by atoms with Gasteiger partial charge in [-0.2, -0.15) is 0 Å². The van der Waals surface area contributed by atoms with E-state index in [0.717, 1.165) is 70.6 Å². The quantitative estimate of drug-likeness (QED) is 0.0146. The first kappa shape index (κ1) is 58.3. The average Bonchev–Trinajstić information content (AvgIpc) is 3.25. The molecule has 0 radical (unpaired) electrons. The van der Waals surface area contributed by atoms with Crippen LogP contribution in [-0.4, -0.2) is 98.3 Å². The van der Waals surface area contributed by atoms with E-state index in [2.05, 4.69) is 38.2 Å². The lowest BCUT2D eigenvalue weighted by molar-refractivity contribution is -0.220. The molecule has 13 nitrogen and oxygen atoms in total. The van der Waals surface area contributed by atoms with Gasteiger partial charge in [-0.05, 0) is 64.2 Å². The minimum Gasteiger partial charge on any atom is -0.462 e. The number of carbonyl (C=O) groups is 2. The molecule has 1 aliphatic rings. The maximum atomic E-state index is 12.8. The zero-order valence-corrected chi connectivity index (χ0v) is 39.6. The van der Waals surface area contributed by atoms with Gasteiger partial charge in [0.1, 0.15) is 43.2 Å². The molecule has 1 saturated carbocycles. The number of esters is 2. The van der Waals surface area contributed by atoms with E-state index in [4.69, 9.17) is 18.5 Å². The van der Waals surface area contributed by atoms with Crippen LogP contribution in [0.5, 0.6) is 0 Å². The van der Waals surface area contributed by atoms with Crippen LogP contribution in [-0.2, 0) is 32.7 Å². The summed E-state index contributed by atoms with van der Waals surface area (Å²) >= 11 is 0. The number of rotatable bonds is 41. The Labute approximate surface area is 375 Å². The fourth-order valence-electron chi connectivity index (χ4n) is 7.51. The van der Waals surface area contributed by atoms with Crippen LogP contribution in [0.1, 0.15) is 213 Å². The summed E-state index contributed by atoms with van der Waals surface area (Å²) in [5.74, 6) is -1.11. The largest absolute Gasteiger partial charge is 0.472 e. The van der Waals surface area contributed by atoms with E-state index >= 15 is 0 Å². The number of phosphoric acid groups is 1. The molecular formula is C48H89O13P. The molecule has 14 heteroatoms. The lowest BCUT2D eigenvalue weighted by Gasteiger charge is -2.41. The number of hydrogen-bond donors (Lipinski definition) is 6. The summed E-state index contributed by atoms with van der Waals surface area (Å²) in [4.78, 5) is 35.7. The summed E-state index contributed by atoms with van der Waals surface area (Å²) < 4.78 is 33.6. The summed E-state index contributed by atoms with van der Waals surface area (Å²) in [5, 5.41) is 50.2. The number of hydrogen-bond acceptors (Lipinski definition) is 12. The third kappa shape index (κ3) is 30.5. The van der Waals surface area contributed by atoms with Crippen LogP contribution in [0.3, 0.4) is 0 Å². The first-order valence-corrected chi connectivity index (χ1v) is 26.1. The Balaban J connectivity index is 2.42. The molecule has 0 saturated heterocycles. The number of phosphoric ester groups is 1. The van der Waals surface area contributed by atoms with Crippen molar-refractivity contribution >= 4 is 19.8 Å². The lowest BCUT2D eigenvalue weighted by atomic mass is 9.85. The van der Waals surface area contributed by atoms with Crippen molar-refractivity contribution in [3.05, 3.63) is 24.3 Å². The summed E-state index contributed by atoms with van der Waals surface area (Å²) in [7, 11) is -5.12. The molecule has 0 aliphatic heterocycles. The molecule has 0 amide bonds. The summed E-state index contributed by atoms with van der Waals surface area (Å²) in [5.41, 5.74) is 0. The molecule has 0 spiro atoms. The Morgan fingerprint density at radius 1 is 0.484 bits per heavy atom. The highest BCUT2D eigenvalue weighted by molar-refractivity contribution is 7.47. The van der Waals surface area contributed by atoms with Gasteiger partial charge in [0.15, 0.2) is 6.10 Å². The second-order valence-electron chi connectivity index (χ2n) is 17.3. The van der Waals surface area contributed by atoms with Gasteiger partial charge < -0.3 is 39.9 Å². The van der Waals surface area contributed by atoms with Gasteiger partial charge >= 0.3 is 19.8 Å². The van der Waals surface area contributed by atoms with Crippen molar-refractivity contribution in [1.29, 1.82) is 0 Å². The molecule has 0 bridgehead atoms. The van der Waals surface area contributed by atoms with Crippen LogP contribution in [0.4, 0.5) is 0 Å². The minimum absolute atomic E-state index is 0.0947. The van der Waals surface area contributed by atoms with Crippen molar-refractivity contribution in [3.8, 4) is 0 Å². The van der Waals surface area contributed by atoms with E-state index in [0.29, 0.717) is 12.8 Å². The molecule has 0 aromatic rings. The molecule has 8 atom stereocenters. The van der Waals surface area contributed by atoms with Gasteiger partial charge in [0, 0.05) is 12.8 Å². The maximum absolute atomic E-state index is 12.8. The summed E-state index contributed by atoms with van der Waals surface area (Å²) in [6.07, 6.45) is 29.4. The highest BCUT2D eigenvalue weighted by Crippen LogP contribution is 2.47. The number of carbonyl (C=O) groups excluding carboxylic acids is 2. The highest BCUT2D eigenvalue weighted by Gasteiger charge is 2.51. The van der Waals surface area contributed by atoms with Crippen LogP contribution in [0.25, 0.3) is 0 Å². The maximum Gasteiger partial charge on any atom is 0.472 e. The Hall–Kier alpha value is -1.67. The van der Waals surface area contributed by atoms with Gasteiger partial charge in [0.25, 0.3) is 0 Å². The lowest BCUT2D eigenvalue weighted by Crippen LogP contribution is -2.64. The predicted molar refractivity (Wildman–Crippen MR) is 244 cm³/mol. The van der Waals surface area contributed by atoms with Crippen molar-refractivity contribution in [2.75, 3.05) is 13.2 Å². The summed E-state index contributed by atoms with van der Waals surface area (Å²) in [6.45, 7) is 3.29. The van der Waals surface area contributed by atoms with E-state index in [9.17, 15) is 44.6 Å². The number of aliphatic hydroxyl groups excluding tert-OH is 5. The molecule has 0 aromatic heterocycles. The average molecular weight is 905 g/mol. The van der Waals surface area contributed by atoms with E-state index in [1.165, 1.54) is 103 Å². The van der Waals surface area contributed by atoms with E-state index < -0.39 is 75.7 Å². The summed E-state index contributed by atoms with van der Waals surface area (Å²) in [6, 6.07) is 0. The number of aliphatic hydroxyl groups is 5. The monoisotopic (exact) mass is 905 g/mol. The fraction of sp³-hybridized carbons (Fsp3) is 0.875. The van der Waals surface area contributed by atoms with Crippen molar-refractivity contribution in [1.82, 2.24) is 0 Å². The first-order chi connectivity index (χ1) is 29.9. The predicted octanol–water partition coefficient (Wildman–Crippen LogP) is 10.0. The normalized spacial score (nSPS) is 22.0. The van der Waals surface area contributed by atoms with Gasteiger partial charge in [0.2, 0.25) is 0 Å². The standard InChI is InChI=1S/C48H89O13P/c1-3-5-7-9-11-13-15-17-19-20-21-22-23-25-27-29-31-33-35-37-42(50)60-40(39-59-62(56,57)61-48-46(54)44(52)43(51)45(53)47(48)55)38-58-41(49)36-34-32-30-28-26-24-18-16-14-12-10-8-6-4-2/h16-19,40,43-48,51-55H,3-15,20-39H2,1-2H3,(H,56,57)/b18-16+,19-17+/t40-,43?,44+,45?,46?,47?,48?/m1/s1. The van der Waals surface area contributed by atoms with E-state index in [1.807, 2.05) is 0 Å². The minimum atomic E-state index is -5.12. The van der Waals surface area contributed by atoms with Crippen LogP contribution in [0, 0.1) is 0 Å². The van der Waals surface area contributed by atoms with Gasteiger partial charge in [-0.25, -0.2) is 4.57 Å². The van der Waals surface area contributed by atoms with Crippen molar-refractivity contribution in [3.63, 3.8) is 0 Å². The number of ether oxygens (including phenoxy) is 2. The van der Waals surface area contributed by atoms with Gasteiger partial charge in [-0.1, -0.05) is 160 Å². The molecule has 6 N–H and O–H groups in total. The Morgan fingerprint density at radius 2 is 0.823 bits per heavy atom. The zero-order valence-electron chi connectivity index (χ0n) is 38.7. The number of unbranched alkanes of at least 4 members (excludes halogenated alkanes) is 25. The molecule has 1 rings (SSSR count). The highest BCUT2D eigenvalue weighted by atomic mass is 31.2. The second-order valence-corrected chi connectivity index (χ2v) is 18.7. The smallest absolute Gasteiger partial charge is 0.462 e. The van der Waals surface area contributed by atoms with E-state index in [-0.39, 0.29) is 12.8 Å². The molecule has 364 valence electrons. The molecule has 6 unspecified atom stereocenters. The molecular weight excluding hydrogens is 815 g/mol. The third-order valence-electron chi connectivity index (χ3n) is 11.5. The van der Waals surface area contributed by atoms with Crippen LogP contribution in [0.15, 0.2) is 24.3 Å². The van der Waals surface area contributed by atoms with Crippen molar-refractivity contribution in [2.24, 2.45) is 0 Å². The SMILES string of the molecule is CCCCCCC/C=C/CCCCCCCC(=O)OC[C@H](COP(=O)(O)OC1C(O)C(O)C(O)[C@H](O)C1O)OC(=O)CCCCCCCCCCC/C=C/CCCCCCCC. The molecule has 0 aromatic carbocycles. The Morgan fingerprint density at radius 3 is 1.23 bits per heavy atom. The van der Waals surface area contributed by atoms with Crippen LogP contribution >= 0.6 is 7.82 Å². The Kier molecular flexibility index (Phi) is 36.3. The van der Waals surface area contributed by atoms with Crippen LogP contribution < -0.4 is 0 Å². The second kappa shape index (κ2) is 38.6. The zero-order chi connectivity index (χ0) is 45.7. The molecule has 1 fully saturated rings. The van der Waals surface area contributed by atoms with Gasteiger partial charge in [-0.3, -0.25) is 18.6 Å². The van der Waals surface area contributed by atoms with Gasteiger partial charge in [0.05, 0.1) is 6.61 Å². The number of allylic oxidation sites excluding steroid dienone is 4. The van der Waals surface area contributed by atoms with Crippen LogP contribution in [0.2, 0.25) is 0 Å².